The minimum absolute atomic E-state index is 0.715. The lowest BCUT2D eigenvalue weighted by atomic mass is 10.2. The van der Waals surface area contributed by atoms with Gasteiger partial charge in [0.05, 0.1) is 18.2 Å². The van der Waals surface area contributed by atoms with Gasteiger partial charge in [0, 0.05) is 6.54 Å². The van der Waals surface area contributed by atoms with Crippen LogP contribution in [0.1, 0.15) is 6.42 Å². The van der Waals surface area contributed by atoms with Crippen molar-refractivity contribution in [3.05, 3.63) is 42.9 Å². The van der Waals surface area contributed by atoms with Gasteiger partial charge in [0.2, 0.25) is 0 Å². The van der Waals surface area contributed by atoms with Gasteiger partial charge in [-0.2, -0.15) is 0 Å². The van der Waals surface area contributed by atoms with Crippen molar-refractivity contribution in [1.82, 2.24) is 9.55 Å². The van der Waals surface area contributed by atoms with Crippen LogP contribution in [0.3, 0.4) is 0 Å². The number of rotatable bonds is 4. The van der Waals surface area contributed by atoms with Crippen LogP contribution in [-0.2, 0) is 6.54 Å². The number of benzene rings is 1. The highest BCUT2D eigenvalue weighted by Gasteiger charge is 2.03. The molecule has 2 rings (SSSR count). The first-order valence-corrected chi connectivity index (χ1v) is 5.17. The van der Waals surface area contributed by atoms with Crippen molar-refractivity contribution in [3.8, 4) is 11.3 Å². The zero-order valence-corrected chi connectivity index (χ0v) is 8.63. The summed E-state index contributed by atoms with van der Waals surface area (Å²) in [6.07, 6.45) is 4.74. The van der Waals surface area contributed by atoms with E-state index in [1.54, 1.807) is 0 Å². The second-order valence-corrected chi connectivity index (χ2v) is 3.48. The summed E-state index contributed by atoms with van der Waals surface area (Å²) in [5.74, 6) is 0. The van der Waals surface area contributed by atoms with Crippen LogP contribution in [0.5, 0.6) is 0 Å². The molecule has 15 heavy (non-hydrogen) atoms. The Morgan fingerprint density at radius 3 is 2.73 bits per heavy atom. The highest BCUT2D eigenvalue weighted by molar-refractivity contribution is 5.58. The van der Waals surface area contributed by atoms with E-state index < -0.39 is 0 Å². The summed E-state index contributed by atoms with van der Waals surface area (Å²) in [6, 6.07) is 10.3. The van der Waals surface area contributed by atoms with Gasteiger partial charge in [-0.05, 0) is 18.5 Å². The van der Waals surface area contributed by atoms with Crippen LogP contribution in [-0.4, -0.2) is 16.1 Å². The molecule has 3 heteroatoms. The maximum atomic E-state index is 5.50. The summed E-state index contributed by atoms with van der Waals surface area (Å²) in [7, 11) is 0. The fraction of sp³-hybridized carbons (Fsp3) is 0.250. The van der Waals surface area contributed by atoms with Gasteiger partial charge in [-0.3, -0.25) is 0 Å². The average Bonchev–Trinajstić information content (AvgIpc) is 2.75. The summed E-state index contributed by atoms with van der Waals surface area (Å²) in [6.45, 7) is 1.65. The number of hydrogen-bond donors (Lipinski definition) is 1. The molecule has 0 aliphatic carbocycles. The van der Waals surface area contributed by atoms with Crippen molar-refractivity contribution in [3.63, 3.8) is 0 Å². The van der Waals surface area contributed by atoms with Gasteiger partial charge in [0.1, 0.15) is 0 Å². The number of aromatic nitrogens is 2. The molecule has 3 nitrogen and oxygen atoms in total. The average molecular weight is 201 g/mol. The normalized spacial score (nSPS) is 10.5. The third-order valence-electron chi connectivity index (χ3n) is 2.38. The second kappa shape index (κ2) is 4.75. The largest absolute Gasteiger partial charge is 0.331 e. The Balaban J connectivity index is 2.25. The lowest BCUT2D eigenvalue weighted by Crippen LogP contribution is -2.05. The zero-order chi connectivity index (χ0) is 10.5. The van der Waals surface area contributed by atoms with E-state index >= 15 is 0 Å². The number of nitrogens with two attached hydrogens (primary N) is 1. The van der Waals surface area contributed by atoms with E-state index in [9.17, 15) is 0 Å². The van der Waals surface area contributed by atoms with Crippen molar-refractivity contribution >= 4 is 0 Å². The minimum atomic E-state index is 0.715. The second-order valence-electron chi connectivity index (χ2n) is 3.48. The molecule has 0 unspecified atom stereocenters. The maximum absolute atomic E-state index is 5.50. The highest BCUT2D eigenvalue weighted by atomic mass is 15.0. The van der Waals surface area contributed by atoms with Gasteiger partial charge in [-0.1, -0.05) is 30.3 Å². The van der Waals surface area contributed by atoms with E-state index in [4.69, 9.17) is 5.73 Å². The van der Waals surface area contributed by atoms with Gasteiger partial charge in [0.15, 0.2) is 0 Å². The number of nitrogens with zero attached hydrogens (tertiary/aromatic N) is 2. The van der Waals surface area contributed by atoms with Crippen LogP contribution in [0.15, 0.2) is 42.9 Å². The monoisotopic (exact) mass is 201 g/mol. The zero-order valence-electron chi connectivity index (χ0n) is 8.63. The molecule has 1 aromatic heterocycles. The molecule has 0 saturated heterocycles. The SMILES string of the molecule is NCCCn1cncc1-c1ccccc1. The molecule has 2 N–H and O–H groups in total. The minimum Gasteiger partial charge on any atom is -0.331 e. The molecule has 0 radical (unpaired) electrons. The molecule has 78 valence electrons. The summed E-state index contributed by atoms with van der Waals surface area (Å²) in [4.78, 5) is 4.17. The number of aryl methyl sites for hydroxylation is 1. The van der Waals surface area contributed by atoms with Crippen molar-refractivity contribution in [1.29, 1.82) is 0 Å². The van der Waals surface area contributed by atoms with Gasteiger partial charge in [-0.25, -0.2) is 4.98 Å². The lowest BCUT2D eigenvalue weighted by molar-refractivity contribution is 0.655. The van der Waals surface area contributed by atoms with Crippen molar-refractivity contribution in [2.45, 2.75) is 13.0 Å². The van der Waals surface area contributed by atoms with Crippen LogP contribution < -0.4 is 5.73 Å². The predicted octanol–water partition coefficient (Wildman–Crippen LogP) is 1.90. The fourth-order valence-electron chi connectivity index (χ4n) is 1.61. The molecule has 0 aliphatic rings. The smallest absolute Gasteiger partial charge is 0.0950 e. The summed E-state index contributed by atoms with van der Waals surface area (Å²) < 4.78 is 2.14. The van der Waals surface area contributed by atoms with Crippen molar-refractivity contribution in [2.75, 3.05) is 6.54 Å². The van der Waals surface area contributed by atoms with E-state index in [0.29, 0.717) is 6.54 Å². The van der Waals surface area contributed by atoms with E-state index in [1.807, 2.05) is 30.7 Å². The third-order valence-corrected chi connectivity index (χ3v) is 2.38. The molecule has 0 atom stereocenters. The lowest BCUT2D eigenvalue weighted by Gasteiger charge is -2.06. The first-order valence-electron chi connectivity index (χ1n) is 5.17. The fourth-order valence-corrected chi connectivity index (χ4v) is 1.61. The molecule has 1 aromatic carbocycles. The molecule has 0 bridgehead atoms. The first kappa shape index (κ1) is 9.93. The molecule has 0 spiro atoms. The standard InChI is InChI=1S/C12H15N3/c13-7-4-8-15-10-14-9-12(15)11-5-2-1-3-6-11/h1-3,5-6,9-10H,4,7-8,13H2. The molecule has 0 saturated carbocycles. The quantitative estimate of drug-likeness (QED) is 0.821. The Labute approximate surface area is 89.6 Å². The van der Waals surface area contributed by atoms with E-state index in [1.165, 1.54) is 5.56 Å². The Bertz CT molecular complexity index is 406. The van der Waals surface area contributed by atoms with Crippen LogP contribution in [0.4, 0.5) is 0 Å². The van der Waals surface area contributed by atoms with Crippen LogP contribution in [0.25, 0.3) is 11.3 Å². The van der Waals surface area contributed by atoms with Crippen LogP contribution >= 0.6 is 0 Å². The Hall–Kier alpha value is -1.61. The van der Waals surface area contributed by atoms with Crippen molar-refractivity contribution in [2.24, 2.45) is 5.73 Å². The Morgan fingerprint density at radius 2 is 2.00 bits per heavy atom. The van der Waals surface area contributed by atoms with Gasteiger partial charge >= 0.3 is 0 Å². The molecule has 0 amide bonds. The molecular weight excluding hydrogens is 186 g/mol. The number of hydrogen-bond acceptors (Lipinski definition) is 2. The predicted molar refractivity (Wildman–Crippen MR) is 61.3 cm³/mol. The van der Waals surface area contributed by atoms with Gasteiger partial charge in [-0.15, -0.1) is 0 Å². The summed E-state index contributed by atoms with van der Waals surface area (Å²) in [5, 5.41) is 0. The van der Waals surface area contributed by atoms with E-state index in [-0.39, 0.29) is 0 Å². The highest BCUT2D eigenvalue weighted by Crippen LogP contribution is 2.18. The number of imidazole rings is 1. The van der Waals surface area contributed by atoms with Gasteiger partial charge < -0.3 is 10.3 Å². The van der Waals surface area contributed by atoms with Crippen molar-refractivity contribution < 1.29 is 0 Å². The first-order chi connectivity index (χ1) is 7.42. The molecule has 2 aromatic rings. The molecule has 0 fully saturated rings. The summed E-state index contributed by atoms with van der Waals surface area (Å²) >= 11 is 0. The Morgan fingerprint density at radius 1 is 1.20 bits per heavy atom. The van der Waals surface area contributed by atoms with Crippen LogP contribution in [0.2, 0.25) is 0 Å². The van der Waals surface area contributed by atoms with E-state index in [2.05, 4.69) is 21.7 Å². The van der Waals surface area contributed by atoms with E-state index in [0.717, 1.165) is 18.7 Å². The third kappa shape index (κ3) is 2.25. The Kier molecular flexibility index (Phi) is 3.15. The summed E-state index contributed by atoms with van der Waals surface area (Å²) in [5.41, 5.74) is 7.86. The maximum Gasteiger partial charge on any atom is 0.0950 e. The van der Waals surface area contributed by atoms with Gasteiger partial charge in [0.25, 0.3) is 0 Å². The molecule has 1 heterocycles. The molecular formula is C12H15N3. The van der Waals surface area contributed by atoms with Crippen LogP contribution in [0, 0.1) is 0 Å². The topological polar surface area (TPSA) is 43.8 Å². The molecule has 0 aliphatic heterocycles.